The highest BCUT2D eigenvalue weighted by Gasteiger charge is 2.55. The summed E-state index contributed by atoms with van der Waals surface area (Å²) in [4.78, 5) is 0. The fourth-order valence-electron chi connectivity index (χ4n) is 8.08. The maximum atomic E-state index is 6.17. The molecule has 0 bridgehead atoms. The van der Waals surface area contributed by atoms with Crippen LogP contribution in [0.15, 0.2) is 79.0 Å². The number of benzene rings is 3. The number of hydrogen-bond acceptors (Lipinski definition) is 3. The van der Waals surface area contributed by atoms with E-state index in [-0.39, 0.29) is 5.41 Å². The summed E-state index contributed by atoms with van der Waals surface area (Å²) in [6.45, 7) is 5.30. The summed E-state index contributed by atoms with van der Waals surface area (Å²) in [7, 11) is 0. The number of ether oxygens (including phenoxy) is 1. The maximum Gasteiger partial charge on any atom is 0.120 e. The van der Waals surface area contributed by atoms with Gasteiger partial charge in [0.1, 0.15) is 18.1 Å². The summed E-state index contributed by atoms with van der Waals surface area (Å²) in [5.74, 6) is 3.20. The predicted octanol–water partition coefficient (Wildman–Crippen LogP) is 7.93. The average Bonchev–Trinajstić information content (AvgIpc) is 3.57. The molecule has 0 amide bonds. The molecule has 3 aliphatic carbocycles. The van der Waals surface area contributed by atoms with E-state index in [0.29, 0.717) is 18.6 Å². The van der Waals surface area contributed by atoms with Crippen LogP contribution in [0.4, 0.5) is 0 Å². The molecule has 0 spiro atoms. The number of nitrogens with zero attached hydrogens (tertiary/aromatic N) is 3. The van der Waals surface area contributed by atoms with Gasteiger partial charge in [0, 0.05) is 5.56 Å². The topological polar surface area (TPSA) is 39.9 Å². The van der Waals surface area contributed by atoms with E-state index >= 15 is 0 Å². The number of aromatic nitrogens is 3. The number of aryl methyl sites for hydroxylation is 2. The van der Waals surface area contributed by atoms with Gasteiger partial charge in [0.25, 0.3) is 0 Å². The zero-order valence-corrected chi connectivity index (χ0v) is 22.5. The van der Waals surface area contributed by atoms with E-state index in [9.17, 15) is 0 Å². The molecule has 0 saturated heterocycles. The van der Waals surface area contributed by atoms with Crippen molar-refractivity contribution in [2.75, 3.05) is 0 Å². The van der Waals surface area contributed by atoms with Gasteiger partial charge in [-0.2, -0.15) is 0 Å². The largest absolute Gasteiger partial charge is 0.489 e. The molecule has 1 aromatic heterocycles. The third-order valence-electron chi connectivity index (χ3n) is 10.1. The first-order valence-corrected chi connectivity index (χ1v) is 14.4. The number of hydrogen-bond donors (Lipinski definition) is 0. The van der Waals surface area contributed by atoms with Crippen molar-refractivity contribution in [3.05, 3.63) is 101 Å². The highest BCUT2D eigenvalue weighted by molar-refractivity contribution is 5.58. The Bertz CT molecular complexity index is 1430. The first-order valence-electron chi connectivity index (χ1n) is 14.4. The summed E-state index contributed by atoms with van der Waals surface area (Å²) < 4.78 is 8.38. The molecule has 0 unspecified atom stereocenters. The van der Waals surface area contributed by atoms with Crippen LogP contribution in [0.2, 0.25) is 0 Å². The van der Waals surface area contributed by atoms with E-state index in [4.69, 9.17) is 4.74 Å². The Kier molecular flexibility index (Phi) is 5.87. The van der Waals surface area contributed by atoms with E-state index in [0.717, 1.165) is 35.3 Å². The molecule has 1 heterocycles. The molecule has 4 nitrogen and oxygen atoms in total. The summed E-state index contributed by atoms with van der Waals surface area (Å²) in [5.41, 5.74) is 8.01. The van der Waals surface area contributed by atoms with Crippen molar-refractivity contribution in [1.82, 2.24) is 15.0 Å². The van der Waals surface area contributed by atoms with Crippen molar-refractivity contribution in [2.24, 2.45) is 17.3 Å². The molecular formula is C34H37N3O. The summed E-state index contributed by atoms with van der Waals surface area (Å²) >= 11 is 0. The second kappa shape index (κ2) is 9.41. The van der Waals surface area contributed by atoms with E-state index < -0.39 is 0 Å². The van der Waals surface area contributed by atoms with Crippen LogP contribution >= 0.6 is 0 Å². The highest BCUT2D eigenvalue weighted by Crippen LogP contribution is 2.64. The Morgan fingerprint density at radius 3 is 2.63 bits per heavy atom. The van der Waals surface area contributed by atoms with Gasteiger partial charge in [0.15, 0.2) is 0 Å². The molecule has 4 heteroatoms. The SMILES string of the molecule is Cc1ccc(-c2cn([C@@H]3CC[C@H]4[C@@H]5CCc6cc(OCc7ccccc7)ccc6[C@H]5CC[C@@]43C)nn2)cc1. The fourth-order valence-corrected chi connectivity index (χ4v) is 8.08. The minimum atomic E-state index is 0.287. The van der Waals surface area contributed by atoms with Gasteiger partial charge in [0.2, 0.25) is 0 Å². The Balaban J connectivity index is 1.08. The molecule has 38 heavy (non-hydrogen) atoms. The van der Waals surface area contributed by atoms with E-state index in [1.165, 1.54) is 48.8 Å². The van der Waals surface area contributed by atoms with Gasteiger partial charge in [-0.05, 0) is 97.4 Å². The summed E-state index contributed by atoms with van der Waals surface area (Å²) in [5, 5.41) is 9.26. The fraction of sp³-hybridized carbons (Fsp3) is 0.412. The Morgan fingerprint density at radius 2 is 1.79 bits per heavy atom. The van der Waals surface area contributed by atoms with Crippen molar-refractivity contribution < 1.29 is 4.74 Å². The second-order valence-electron chi connectivity index (χ2n) is 12.1. The summed E-state index contributed by atoms with van der Waals surface area (Å²) in [6.07, 6.45) is 9.69. The average molecular weight is 504 g/mol. The van der Waals surface area contributed by atoms with Crippen LogP contribution in [-0.2, 0) is 13.0 Å². The first kappa shape index (κ1) is 23.7. The smallest absolute Gasteiger partial charge is 0.120 e. The molecule has 2 saturated carbocycles. The van der Waals surface area contributed by atoms with Crippen LogP contribution in [0.3, 0.4) is 0 Å². The van der Waals surface area contributed by atoms with Crippen molar-refractivity contribution in [3.63, 3.8) is 0 Å². The minimum absolute atomic E-state index is 0.287. The molecule has 194 valence electrons. The minimum Gasteiger partial charge on any atom is -0.489 e. The van der Waals surface area contributed by atoms with Crippen LogP contribution in [0, 0.1) is 24.2 Å². The van der Waals surface area contributed by atoms with Gasteiger partial charge >= 0.3 is 0 Å². The van der Waals surface area contributed by atoms with Crippen LogP contribution in [-0.4, -0.2) is 15.0 Å². The molecule has 5 atom stereocenters. The molecule has 0 N–H and O–H groups in total. The van der Waals surface area contributed by atoms with Gasteiger partial charge in [-0.3, -0.25) is 0 Å². The van der Waals surface area contributed by atoms with Crippen LogP contribution in [0.1, 0.15) is 73.2 Å². The maximum absolute atomic E-state index is 6.17. The molecule has 3 aromatic carbocycles. The van der Waals surface area contributed by atoms with Crippen molar-refractivity contribution in [1.29, 1.82) is 0 Å². The molecule has 3 aliphatic rings. The van der Waals surface area contributed by atoms with Crippen LogP contribution in [0.5, 0.6) is 5.75 Å². The molecule has 0 radical (unpaired) electrons. The Morgan fingerprint density at radius 1 is 0.947 bits per heavy atom. The lowest BCUT2D eigenvalue weighted by molar-refractivity contribution is 0.0284. The van der Waals surface area contributed by atoms with E-state index in [1.54, 1.807) is 5.56 Å². The monoisotopic (exact) mass is 503 g/mol. The zero-order valence-electron chi connectivity index (χ0n) is 22.5. The van der Waals surface area contributed by atoms with Gasteiger partial charge in [-0.15, -0.1) is 5.10 Å². The van der Waals surface area contributed by atoms with Crippen molar-refractivity contribution >= 4 is 0 Å². The standard InChI is InChI=1S/C34H37N3O/c1-23-8-10-25(11-9-23)32-21-37(36-35-32)33-17-16-31-30-14-12-26-20-27(38-22-24-6-4-3-5-7-24)13-15-28(26)29(30)18-19-34(31,33)2/h3-11,13,15,20-21,29-31,33H,12,14,16-19,22H2,1-2H3/t29-,30-,31+,33-,34+/m1/s1. The van der Waals surface area contributed by atoms with Gasteiger partial charge in [-0.1, -0.05) is 78.4 Å². The van der Waals surface area contributed by atoms with Crippen molar-refractivity contribution in [2.45, 2.75) is 70.9 Å². The quantitative estimate of drug-likeness (QED) is 0.278. The number of rotatable bonds is 5. The van der Waals surface area contributed by atoms with Crippen molar-refractivity contribution in [3.8, 4) is 17.0 Å². The van der Waals surface area contributed by atoms with Crippen LogP contribution < -0.4 is 4.74 Å². The lowest BCUT2D eigenvalue weighted by Crippen LogP contribution is -2.42. The normalized spacial score (nSPS) is 27.8. The Hall–Kier alpha value is -3.40. The predicted molar refractivity (Wildman–Crippen MR) is 151 cm³/mol. The molecule has 7 rings (SSSR count). The highest BCUT2D eigenvalue weighted by atomic mass is 16.5. The molecule has 4 aromatic rings. The molecule has 2 fully saturated rings. The second-order valence-corrected chi connectivity index (χ2v) is 12.1. The molecular weight excluding hydrogens is 466 g/mol. The lowest BCUT2D eigenvalue weighted by Gasteiger charge is -2.50. The van der Waals surface area contributed by atoms with E-state index in [2.05, 4.69) is 108 Å². The van der Waals surface area contributed by atoms with Gasteiger partial charge in [0.05, 0.1) is 12.2 Å². The van der Waals surface area contributed by atoms with Gasteiger partial charge in [-0.25, -0.2) is 4.68 Å². The third-order valence-corrected chi connectivity index (χ3v) is 10.1. The zero-order chi connectivity index (χ0) is 25.7. The van der Waals surface area contributed by atoms with Crippen LogP contribution in [0.25, 0.3) is 11.3 Å². The summed E-state index contributed by atoms with van der Waals surface area (Å²) in [6, 6.07) is 26.4. The lowest BCUT2D eigenvalue weighted by atomic mass is 9.55. The molecule has 0 aliphatic heterocycles. The first-order chi connectivity index (χ1) is 18.6. The number of fused-ring (bicyclic) bond motifs is 5. The third kappa shape index (κ3) is 4.05. The van der Waals surface area contributed by atoms with Gasteiger partial charge < -0.3 is 4.74 Å². The van der Waals surface area contributed by atoms with E-state index in [1.807, 2.05) is 0 Å². The Labute approximate surface area is 226 Å².